The molecule has 0 saturated heterocycles. The SMILES string of the molecule is N#CCCN(C(=O)CCC(=O)NCc1cccnc1-n1cncn1)c1ccccc1. The highest BCUT2D eigenvalue weighted by atomic mass is 16.2. The van der Waals surface area contributed by atoms with E-state index in [1.807, 2.05) is 36.4 Å². The first kappa shape index (κ1) is 20.7. The number of anilines is 1. The van der Waals surface area contributed by atoms with E-state index in [1.165, 1.54) is 17.3 Å². The average Bonchev–Trinajstić information content (AvgIpc) is 3.32. The predicted octanol–water partition coefficient (Wildman–Crippen LogP) is 2.01. The van der Waals surface area contributed by atoms with Crippen molar-refractivity contribution in [2.45, 2.75) is 25.8 Å². The lowest BCUT2D eigenvalue weighted by molar-refractivity contribution is -0.125. The van der Waals surface area contributed by atoms with Crippen molar-refractivity contribution in [2.24, 2.45) is 0 Å². The third-order valence-corrected chi connectivity index (χ3v) is 4.36. The maximum absolute atomic E-state index is 12.6. The minimum absolute atomic E-state index is 0.0492. The van der Waals surface area contributed by atoms with E-state index >= 15 is 0 Å². The number of rotatable bonds is 9. The number of amides is 2. The fourth-order valence-corrected chi connectivity index (χ4v) is 2.90. The Kier molecular flexibility index (Phi) is 7.22. The van der Waals surface area contributed by atoms with Crippen LogP contribution in [-0.2, 0) is 16.1 Å². The first-order valence-electron chi connectivity index (χ1n) is 9.47. The Morgan fingerprint density at radius 3 is 2.70 bits per heavy atom. The molecular formula is C21H21N7O2. The van der Waals surface area contributed by atoms with E-state index in [0.717, 1.165) is 5.56 Å². The molecule has 2 aromatic heterocycles. The Hall–Kier alpha value is -4.06. The maximum atomic E-state index is 12.6. The predicted molar refractivity (Wildman–Crippen MR) is 109 cm³/mol. The van der Waals surface area contributed by atoms with Gasteiger partial charge < -0.3 is 10.2 Å². The topological polar surface area (TPSA) is 117 Å². The van der Waals surface area contributed by atoms with Gasteiger partial charge in [0, 0.05) is 43.4 Å². The molecule has 0 bridgehead atoms. The molecule has 0 atom stereocenters. The smallest absolute Gasteiger partial charge is 0.227 e. The third kappa shape index (κ3) is 5.48. The highest BCUT2D eigenvalue weighted by Crippen LogP contribution is 2.16. The first-order chi connectivity index (χ1) is 14.7. The fraction of sp³-hybridized carbons (Fsp3) is 0.238. The molecule has 9 nitrogen and oxygen atoms in total. The van der Waals surface area contributed by atoms with E-state index in [9.17, 15) is 9.59 Å². The number of nitriles is 1. The van der Waals surface area contributed by atoms with E-state index in [4.69, 9.17) is 5.26 Å². The van der Waals surface area contributed by atoms with Crippen molar-refractivity contribution < 1.29 is 9.59 Å². The molecule has 0 aliphatic heterocycles. The van der Waals surface area contributed by atoms with Gasteiger partial charge in [-0.25, -0.2) is 14.6 Å². The second kappa shape index (κ2) is 10.5. The molecule has 2 heterocycles. The van der Waals surface area contributed by atoms with Crippen molar-refractivity contribution in [3.8, 4) is 11.9 Å². The number of nitrogens with one attached hydrogen (secondary N) is 1. The summed E-state index contributed by atoms with van der Waals surface area (Å²) in [4.78, 5) is 34.7. The zero-order valence-electron chi connectivity index (χ0n) is 16.3. The molecule has 1 N–H and O–H groups in total. The molecule has 0 fully saturated rings. The highest BCUT2D eigenvalue weighted by Gasteiger charge is 2.17. The van der Waals surface area contributed by atoms with Gasteiger partial charge in [0.25, 0.3) is 0 Å². The van der Waals surface area contributed by atoms with Crippen molar-refractivity contribution in [3.63, 3.8) is 0 Å². The Balaban J connectivity index is 1.55. The zero-order valence-corrected chi connectivity index (χ0v) is 16.3. The second-order valence-electron chi connectivity index (χ2n) is 6.39. The normalized spacial score (nSPS) is 10.2. The minimum atomic E-state index is -0.245. The molecule has 1 aromatic carbocycles. The summed E-state index contributed by atoms with van der Waals surface area (Å²) in [6.45, 7) is 0.546. The van der Waals surface area contributed by atoms with Crippen LogP contribution in [-0.4, -0.2) is 38.1 Å². The molecule has 152 valence electrons. The van der Waals surface area contributed by atoms with Crippen LogP contribution in [0.3, 0.4) is 0 Å². The molecule has 0 aliphatic carbocycles. The van der Waals surface area contributed by atoms with Gasteiger partial charge in [0.15, 0.2) is 5.82 Å². The summed E-state index contributed by atoms with van der Waals surface area (Å²) < 4.78 is 1.53. The van der Waals surface area contributed by atoms with Gasteiger partial charge in [-0.3, -0.25) is 9.59 Å². The second-order valence-corrected chi connectivity index (χ2v) is 6.39. The van der Waals surface area contributed by atoms with Gasteiger partial charge in [-0.2, -0.15) is 10.4 Å². The monoisotopic (exact) mass is 403 g/mol. The van der Waals surface area contributed by atoms with Crippen molar-refractivity contribution in [2.75, 3.05) is 11.4 Å². The molecule has 3 aromatic rings. The number of nitrogens with zero attached hydrogens (tertiary/aromatic N) is 6. The van der Waals surface area contributed by atoms with Gasteiger partial charge in [-0.1, -0.05) is 24.3 Å². The van der Waals surface area contributed by atoms with E-state index < -0.39 is 0 Å². The lowest BCUT2D eigenvalue weighted by atomic mass is 10.2. The number of carbonyl (C=O) groups is 2. The van der Waals surface area contributed by atoms with Gasteiger partial charge in [0.1, 0.15) is 12.7 Å². The van der Waals surface area contributed by atoms with Crippen LogP contribution < -0.4 is 10.2 Å². The minimum Gasteiger partial charge on any atom is -0.352 e. The van der Waals surface area contributed by atoms with Gasteiger partial charge in [0.05, 0.1) is 12.5 Å². The lowest BCUT2D eigenvalue weighted by Crippen LogP contribution is -2.33. The van der Waals surface area contributed by atoms with E-state index in [-0.39, 0.29) is 44.2 Å². The quantitative estimate of drug-likeness (QED) is 0.584. The van der Waals surface area contributed by atoms with E-state index in [2.05, 4.69) is 26.5 Å². The molecule has 3 rings (SSSR count). The van der Waals surface area contributed by atoms with Crippen molar-refractivity contribution in [1.82, 2.24) is 25.1 Å². The Morgan fingerprint density at radius 2 is 1.97 bits per heavy atom. The number of hydrogen-bond acceptors (Lipinski definition) is 6. The summed E-state index contributed by atoms with van der Waals surface area (Å²) in [5, 5.41) is 15.7. The summed E-state index contributed by atoms with van der Waals surface area (Å²) in [5.74, 6) is 0.138. The molecule has 0 unspecified atom stereocenters. The standard InChI is InChI=1S/C21H21N7O2/c22-11-5-13-27(18-7-2-1-3-8-18)20(30)10-9-19(29)25-14-17-6-4-12-24-21(17)28-16-23-15-26-28/h1-4,6-8,12,15-16H,5,9-10,13-14H2,(H,25,29). The lowest BCUT2D eigenvalue weighted by Gasteiger charge is -2.21. The van der Waals surface area contributed by atoms with Crippen molar-refractivity contribution in [3.05, 3.63) is 66.9 Å². The molecule has 9 heteroatoms. The summed E-state index contributed by atoms with van der Waals surface area (Å²) >= 11 is 0. The largest absolute Gasteiger partial charge is 0.352 e. The van der Waals surface area contributed by atoms with Crippen LogP contribution in [0.25, 0.3) is 5.82 Å². The van der Waals surface area contributed by atoms with Crippen molar-refractivity contribution >= 4 is 17.5 Å². The third-order valence-electron chi connectivity index (χ3n) is 4.36. The molecule has 0 aliphatic rings. The van der Waals surface area contributed by atoms with Crippen LogP contribution in [0.15, 0.2) is 61.3 Å². The highest BCUT2D eigenvalue weighted by molar-refractivity contribution is 5.95. The summed E-state index contributed by atoms with van der Waals surface area (Å²) in [6, 6.07) is 14.8. The van der Waals surface area contributed by atoms with Gasteiger partial charge >= 0.3 is 0 Å². The number of pyridine rings is 1. The van der Waals surface area contributed by atoms with Gasteiger partial charge in [-0.05, 0) is 18.2 Å². The van der Waals surface area contributed by atoms with Crippen LogP contribution in [0.2, 0.25) is 0 Å². The molecule has 2 amide bonds. The summed E-state index contributed by atoms with van der Waals surface area (Å²) in [7, 11) is 0. The Morgan fingerprint density at radius 1 is 1.13 bits per heavy atom. The summed E-state index contributed by atoms with van der Waals surface area (Å²) in [6.07, 6.45) is 4.90. The molecule has 0 radical (unpaired) electrons. The summed E-state index contributed by atoms with van der Waals surface area (Å²) in [5.41, 5.74) is 1.49. The first-order valence-corrected chi connectivity index (χ1v) is 9.47. The number of hydrogen-bond donors (Lipinski definition) is 1. The van der Waals surface area contributed by atoms with Gasteiger partial charge in [-0.15, -0.1) is 0 Å². The van der Waals surface area contributed by atoms with Crippen LogP contribution in [0, 0.1) is 11.3 Å². The number of benzene rings is 1. The number of para-hydroxylation sites is 1. The Labute approximate surface area is 174 Å². The van der Waals surface area contributed by atoms with Crippen LogP contribution in [0.1, 0.15) is 24.8 Å². The maximum Gasteiger partial charge on any atom is 0.227 e. The van der Waals surface area contributed by atoms with E-state index in [1.54, 1.807) is 17.2 Å². The van der Waals surface area contributed by atoms with Gasteiger partial charge in [0.2, 0.25) is 11.8 Å². The Bertz CT molecular complexity index is 1010. The zero-order chi connectivity index (χ0) is 21.2. The number of carbonyl (C=O) groups excluding carboxylic acids is 2. The van der Waals surface area contributed by atoms with E-state index in [0.29, 0.717) is 11.5 Å². The van der Waals surface area contributed by atoms with Crippen LogP contribution in [0.5, 0.6) is 0 Å². The number of aromatic nitrogens is 4. The fourth-order valence-electron chi connectivity index (χ4n) is 2.90. The van der Waals surface area contributed by atoms with Crippen LogP contribution >= 0.6 is 0 Å². The molecular weight excluding hydrogens is 382 g/mol. The van der Waals surface area contributed by atoms with Crippen LogP contribution in [0.4, 0.5) is 5.69 Å². The molecule has 0 spiro atoms. The molecule has 30 heavy (non-hydrogen) atoms. The average molecular weight is 403 g/mol. The molecule has 0 saturated carbocycles. The van der Waals surface area contributed by atoms with Crippen molar-refractivity contribution in [1.29, 1.82) is 5.26 Å².